The van der Waals surface area contributed by atoms with Gasteiger partial charge in [-0.2, -0.15) is 0 Å². The van der Waals surface area contributed by atoms with E-state index in [1.165, 1.54) is 25.1 Å². The number of nitrogens with one attached hydrogen (secondary N) is 1. The van der Waals surface area contributed by atoms with Crippen molar-refractivity contribution in [3.8, 4) is 5.75 Å². The van der Waals surface area contributed by atoms with Gasteiger partial charge in [0, 0.05) is 23.1 Å². The Morgan fingerprint density at radius 2 is 2.26 bits per heavy atom. The molecule has 0 saturated carbocycles. The first-order chi connectivity index (χ1) is 10.7. The Balaban J connectivity index is 2.28. The standard InChI is InChI=1S/C12H17N2O7PS/c1-6-10(15)9(7(3-13-6)4-21-22(17,18)19)11-14-8(5-23-11)12(16)20-2/h3,8,11,14-15H,4-5H2,1-2H3,(H2,17,18,19)/t8-,11+/m1/s1. The van der Waals surface area contributed by atoms with Crippen LogP contribution < -0.4 is 5.32 Å². The average Bonchev–Trinajstić information content (AvgIpc) is 2.96. The second-order valence-corrected chi connectivity index (χ2v) is 7.23. The van der Waals surface area contributed by atoms with Crippen LogP contribution >= 0.6 is 19.6 Å². The summed E-state index contributed by atoms with van der Waals surface area (Å²) in [7, 11) is -3.37. The Hall–Kier alpha value is -1.16. The molecule has 128 valence electrons. The summed E-state index contributed by atoms with van der Waals surface area (Å²) in [6.45, 7) is 1.19. The zero-order valence-electron chi connectivity index (χ0n) is 12.4. The number of rotatable bonds is 5. The van der Waals surface area contributed by atoms with Crippen LogP contribution in [0.2, 0.25) is 0 Å². The van der Waals surface area contributed by atoms with Gasteiger partial charge in [-0.25, -0.2) is 4.57 Å². The third-order valence-electron chi connectivity index (χ3n) is 3.28. The topological polar surface area (TPSA) is 138 Å². The summed E-state index contributed by atoms with van der Waals surface area (Å²) in [4.78, 5) is 33.2. The van der Waals surface area contributed by atoms with Gasteiger partial charge in [-0.15, -0.1) is 11.8 Å². The van der Waals surface area contributed by atoms with Crippen LogP contribution in [0.5, 0.6) is 5.75 Å². The molecule has 0 amide bonds. The lowest BCUT2D eigenvalue weighted by atomic mass is 10.1. The van der Waals surface area contributed by atoms with Crippen molar-refractivity contribution in [1.29, 1.82) is 0 Å². The van der Waals surface area contributed by atoms with Crippen molar-refractivity contribution < 1.29 is 33.5 Å². The van der Waals surface area contributed by atoms with E-state index in [-0.39, 0.29) is 5.75 Å². The van der Waals surface area contributed by atoms with E-state index in [1.807, 2.05) is 0 Å². The van der Waals surface area contributed by atoms with Gasteiger partial charge in [0.25, 0.3) is 0 Å². The number of nitrogens with zero attached hydrogens (tertiary/aromatic N) is 1. The van der Waals surface area contributed by atoms with Gasteiger partial charge in [-0.1, -0.05) is 0 Å². The van der Waals surface area contributed by atoms with Crippen molar-refractivity contribution in [2.75, 3.05) is 12.9 Å². The van der Waals surface area contributed by atoms with E-state index in [0.29, 0.717) is 22.6 Å². The van der Waals surface area contributed by atoms with Crippen LogP contribution in [0.4, 0.5) is 0 Å². The lowest BCUT2D eigenvalue weighted by Gasteiger charge is -2.19. The van der Waals surface area contributed by atoms with Crippen molar-refractivity contribution in [2.24, 2.45) is 0 Å². The maximum Gasteiger partial charge on any atom is 0.469 e. The first kappa shape index (κ1) is 18.2. The zero-order valence-corrected chi connectivity index (χ0v) is 14.1. The van der Waals surface area contributed by atoms with Crippen LogP contribution in [0.1, 0.15) is 22.2 Å². The number of aromatic nitrogens is 1. The number of thioether (sulfide) groups is 1. The normalized spacial score (nSPS) is 21.4. The summed E-state index contributed by atoms with van der Waals surface area (Å²) in [5.41, 5.74) is 1.08. The molecule has 1 aliphatic rings. The molecule has 1 aliphatic heterocycles. The molecule has 1 fully saturated rings. The van der Waals surface area contributed by atoms with Crippen LogP contribution in [-0.2, 0) is 25.2 Å². The van der Waals surface area contributed by atoms with Crippen molar-refractivity contribution >= 4 is 25.6 Å². The van der Waals surface area contributed by atoms with E-state index in [2.05, 4.69) is 19.6 Å². The molecule has 0 spiro atoms. The third kappa shape index (κ3) is 4.43. The SMILES string of the molecule is COC(=O)[C@H]1CS[C@@H](c2c(COP(=O)(O)O)cnc(C)c2O)N1. The van der Waals surface area contributed by atoms with Crippen LogP contribution in [0.15, 0.2) is 6.20 Å². The quantitative estimate of drug-likeness (QED) is 0.433. The van der Waals surface area contributed by atoms with Gasteiger partial charge in [-0.05, 0) is 6.92 Å². The fraction of sp³-hybridized carbons (Fsp3) is 0.500. The second-order valence-electron chi connectivity index (χ2n) is 4.85. The molecule has 0 unspecified atom stereocenters. The van der Waals surface area contributed by atoms with Crippen molar-refractivity contribution in [2.45, 2.75) is 24.9 Å². The zero-order chi connectivity index (χ0) is 17.2. The Morgan fingerprint density at radius 1 is 1.57 bits per heavy atom. The highest BCUT2D eigenvalue weighted by Gasteiger charge is 2.34. The second kappa shape index (κ2) is 7.16. The number of hydrogen-bond acceptors (Lipinski definition) is 8. The molecule has 0 bridgehead atoms. The first-order valence-corrected chi connectivity index (χ1v) is 9.13. The number of methoxy groups -OCH3 is 1. The number of phosphoric ester groups is 1. The minimum Gasteiger partial charge on any atom is -0.506 e. The average molecular weight is 364 g/mol. The van der Waals surface area contributed by atoms with E-state index >= 15 is 0 Å². The van der Waals surface area contributed by atoms with Gasteiger partial charge in [0.2, 0.25) is 0 Å². The lowest BCUT2D eigenvalue weighted by Crippen LogP contribution is -2.35. The van der Waals surface area contributed by atoms with Gasteiger partial charge in [0.05, 0.1) is 24.8 Å². The molecule has 1 aromatic heterocycles. The summed E-state index contributed by atoms with van der Waals surface area (Å²) in [5.74, 6) is -0.0812. The van der Waals surface area contributed by atoms with Crippen LogP contribution in [0, 0.1) is 6.92 Å². The van der Waals surface area contributed by atoms with Crippen molar-refractivity contribution in [1.82, 2.24) is 10.3 Å². The van der Waals surface area contributed by atoms with Crippen LogP contribution in [0.25, 0.3) is 0 Å². The van der Waals surface area contributed by atoms with E-state index in [4.69, 9.17) is 9.79 Å². The maximum atomic E-state index is 11.6. The summed E-state index contributed by atoms with van der Waals surface area (Å²) in [6.07, 6.45) is 1.38. The summed E-state index contributed by atoms with van der Waals surface area (Å²) < 4.78 is 20.0. The van der Waals surface area contributed by atoms with Gasteiger partial charge in [0.1, 0.15) is 11.8 Å². The molecule has 1 aromatic rings. The van der Waals surface area contributed by atoms with E-state index in [0.717, 1.165) is 0 Å². The highest BCUT2D eigenvalue weighted by atomic mass is 32.2. The molecule has 4 N–H and O–H groups in total. The van der Waals surface area contributed by atoms with Crippen molar-refractivity contribution in [3.63, 3.8) is 0 Å². The molecule has 1 saturated heterocycles. The van der Waals surface area contributed by atoms with Crippen molar-refractivity contribution in [3.05, 3.63) is 23.0 Å². The van der Waals surface area contributed by atoms with E-state index < -0.39 is 31.8 Å². The number of aromatic hydroxyl groups is 1. The largest absolute Gasteiger partial charge is 0.506 e. The number of carbonyl (C=O) groups is 1. The minimum atomic E-state index is -4.65. The Morgan fingerprint density at radius 3 is 2.87 bits per heavy atom. The predicted molar refractivity (Wildman–Crippen MR) is 81.6 cm³/mol. The van der Waals surface area contributed by atoms with Crippen LogP contribution in [-0.4, -0.2) is 44.8 Å². The monoisotopic (exact) mass is 364 g/mol. The molecule has 0 aromatic carbocycles. The Kier molecular flexibility index (Phi) is 5.66. The molecule has 11 heteroatoms. The molecule has 9 nitrogen and oxygen atoms in total. The number of hydrogen-bond donors (Lipinski definition) is 4. The summed E-state index contributed by atoms with van der Waals surface area (Å²) in [5, 5.41) is 12.8. The Bertz CT molecular complexity index is 651. The molecule has 0 radical (unpaired) electrons. The number of ether oxygens (including phenoxy) is 1. The highest BCUT2D eigenvalue weighted by Crippen LogP contribution is 2.43. The molecule has 2 heterocycles. The highest BCUT2D eigenvalue weighted by molar-refractivity contribution is 7.99. The molecule has 0 aliphatic carbocycles. The minimum absolute atomic E-state index is 0.104. The molecular weight excluding hydrogens is 347 g/mol. The molecular formula is C12H17N2O7PS. The smallest absolute Gasteiger partial charge is 0.469 e. The van der Waals surface area contributed by atoms with Gasteiger partial charge in [-0.3, -0.25) is 19.6 Å². The van der Waals surface area contributed by atoms with E-state index in [9.17, 15) is 14.5 Å². The fourth-order valence-electron chi connectivity index (χ4n) is 2.13. The number of aryl methyl sites for hydroxylation is 1. The Labute approximate surface area is 136 Å². The summed E-state index contributed by atoms with van der Waals surface area (Å²) in [6, 6.07) is -0.529. The molecule has 2 rings (SSSR count). The lowest BCUT2D eigenvalue weighted by molar-refractivity contribution is -0.142. The fourth-order valence-corrected chi connectivity index (χ4v) is 3.74. The number of phosphoric acid groups is 1. The predicted octanol–water partition coefficient (Wildman–Crippen LogP) is 0.582. The number of carbonyl (C=O) groups excluding carboxylic acids is 1. The molecule has 23 heavy (non-hydrogen) atoms. The van der Waals surface area contributed by atoms with Gasteiger partial charge >= 0.3 is 13.8 Å². The summed E-state index contributed by atoms with van der Waals surface area (Å²) >= 11 is 1.37. The van der Waals surface area contributed by atoms with Crippen LogP contribution in [0.3, 0.4) is 0 Å². The number of pyridine rings is 1. The van der Waals surface area contributed by atoms with Gasteiger partial charge in [0.15, 0.2) is 0 Å². The van der Waals surface area contributed by atoms with E-state index in [1.54, 1.807) is 6.92 Å². The first-order valence-electron chi connectivity index (χ1n) is 6.56. The maximum absolute atomic E-state index is 11.6. The van der Waals surface area contributed by atoms with Gasteiger partial charge < -0.3 is 19.6 Å². The number of esters is 1. The third-order valence-corrected chi connectivity index (χ3v) is 4.97. The molecule has 2 atom stereocenters.